The van der Waals surface area contributed by atoms with Gasteiger partial charge in [-0.25, -0.2) is 0 Å². The van der Waals surface area contributed by atoms with Crippen LogP contribution in [-0.2, 0) is 19.6 Å². The highest BCUT2D eigenvalue weighted by molar-refractivity contribution is 6.31. The van der Waals surface area contributed by atoms with E-state index in [2.05, 4.69) is 10.2 Å². The largest absolute Gasteiger partial charge is 0.334 e. The highest BCUT2D eigenvalue weighted by atomic mass is 35.5. The first-order valence-corrected chi connectivity index (χ1v) is 6.93. The number of nitrogens with zero attached hydrogens (tertiary/aromatic N) is 5. The Bertz CT molecular complexity index is 604. The van der Waals surface area contributed by atoms with Crippen molar-refractivity contribution < 1.29 is 4.79 Å². The molecule has 0 spiro atoms. The van der Waals surface area contributed by atoms with E-state index in [1.54, 1.807) is 39.8 Å². The monoisotopic (exact) mass is 295 g/mol. The molecule has 1 amide bonds. The lowest BCUT2D eigenvalue weighted by Gasteiger charge is -2.14. The third-order valence-electron chi connectivity index (χ3n) is 3.03. The van der Waals surface area contributed by atoms with Crippen LogP contribution in [0, 0.1) is 0 Å². The topological polar surface area (TPSA) is 56.0 Å². The third kappa shape index (κ3) is 3.01. The molecule has 0 bridgehead atoms. The van der Waals surface area contributed by atoms with Gasteiger partial charge in [0.05, 0.1) is 11.6 Å². The van der Waals surface area contributed by atoms with Crippen molar-refractivity contribution in [2.75, 3.05) is 7.05 Å². The van der Waals surface area contributed by atoms with Crippen LogP contribution in [0.15, 0.2) is 18.5 Å². The second-order valence-electron chi connectivity index (χ2n) is 4.50. The van der Waals surface area contributed by atoms with Gasteiger partial charge in [0.15, 0.2) is 0 Å². The van der Waals surface area contributed by atoms with Gasteiger partial charge in [-0.2, -0.15) is 10.2 Å². The number of halogens is 1. The molecule has 2 rings (SSSR count). The minimum absolute atomic E-state index is 0.140. The number of hydrogen-bond acceptors (Lipinski definition) is 3. The van der Waals surface area contributed by atoms with Gasteiger partial charge in [0, 0.05) is 32.5 Å². The Morgan fingerprint density at radius 1 is 1.30 bits per heavy atom. The lowest BCUT2D eigenvalue weighted by Crippen LogP contribution is -2.27. The maximum Gasteiger partial charge on any atom is 0.274 e. The summed E-state index contributed by atoms with van der Waals surface area (Å²) in [6.07, 6.45) is 3.56. The Morgan fingerprint density at radius 3 is 2.55 bits per heavy atom. The van der Waals surface area contributed by atoms with E-state index in [-0.39, 0.29) is 5.91 Å². The summed E-state index contributed by atoms with van der Waals surface area (Å²) in [4.78, 5) is 13.8. The molecule has 0 unspecified atom stereocenters. The molecule has 108 valence electrons. The van der Waals surface area contributed by atoms with E-state index in [1.807, 2.05) is 13.8 Å². The number of aromatic nitrogens is 4. The fourth-order valence-corrected chi connectivity index (χ4v) is 2.06. The predicted molar refractivity (Wildman–Crippen MR) is 76.6 cm³/mol. The predicted octanol–water partition coefficient (Wildman–Crippen LogP) is 2.04. The van der Waals surface area contributed by atoms with Crippen LogP contribution in [0.4, 0.5) is 0 Å². The summed E-state index contributed by atoms with van der Waals surface area (Å²) in [6, 6.07) is 1.72. The third-order valence-corrected chi connectivity index (χ3v) is 3.34. The van der Waals surface area contributed by atoms with Crippen LogP contribution in [0.2, 0.25) is 5.02 Å². The van der Waals surface area contributed by atoms with Crippen molar-refractivity contribution in [3.8, 4) is 0 Å². The van der Waals surface area contributed by atoms with E-state index in [0.29, 0.717) is 23.0 Å². The Kier molecular flexibility index (Phi) is 4.44. The molecule has 7 heteroatoms. The summed E-state index contributed by atoms with van der Waals surface area (Å²) in [5.74, 6) is -0.140. The van der Waals surface area contributed by atoms with Gasteiger partial charge in [-0.3, -0.25) is 14.2 Å². The molecule has 0 saturated carbocycles. The highest BCUT2D eigenvalue weighted by Crippen LogP contribution is 2.16. The van der Waals surface area contributed by atoms with Gasteiger partial charge < -0.3 is 4.90 Å². The smallest absolute Gasteiger partial charge is 0.274 e. The molecular weight excluding hydrogens is 278 g/mol. The number of hydrogen-bond donors (Lipinski definition) is 0. The molecular formula is C13H18ClN5O. The molecule has 0 aromatic carbocycles. The van der Waals surface area contributed by atoms with Gasteiger partial charge in [0.2, 0.25) is 0 Å². The summed E-state index contributed by atoms with van der Waals surface area (Å²) in [7, 11) is 1.72. The summed E-state index contributed by atoms with van der Waals surface area (Å²) in [5, 5.41) is 9.11. The molecule has 2 aromatic heterocycles. The second-order valence-corrected chi connectivity index (χ2v) is 4.90. The minimum atomic E-state index is -0.140. The SMILES string of the molecule is CCn1ccc(C(=O)N(C)Cc2nn(CC)cc2Cl)n1. The van der Waals surface area contributed by atoms with Gasteiger partial charge in [-0.1, -0.05) is 11.6 Å². The number of amides is 1. The Balaban J connectivity index is 2.08. The van der Waals surface area contributed by atoms with Crippen molar-refractivity contribution in [1.29, 1.82) is 0 Å². The van der Waals surface area contributed by atoms with Gasteiger partial charge in [-0.05, 0) is 19.9 Å². The van der Waals surface area contributed by atoms with Crippen molar-refractivity contribution in [2.24, 2.45) is 0 Å². The van der Waals surface area contributed by atoms with Gasteiger partial charge in [0.1, 0.15) is 11.4 Å². The lowest BCUT2D eigenvalue weighted by molar-refractivity contribution is 0.0776. The standard InChI is InChI=1S/C13H18ClN5O/c1-4-18-7-6-11(15-18)13(20)17(3)9-12-10(14)8-19(5-2)16-12/h6-8H,4-5,9H2,1-3H3. The maximum absolute atomic E-state index is 12.2. The van der Waals surface area contributed by atoms with Crippen molar-refractivity contribution in [3.63, 3.8) is 0 Å². The minimum Gasteiger partial charge on any atom is -0.334 e. The van der Waals surface area contributed by atoms with E-state index in [1.165, 1.54) is 0 Å². The molecule has 0 fully saturated rings. The summed E-state index contributed by atoms with van der Waals surface area (Å²) in [6.45, 7) is 5.81. The van der Waals surface area contributed by atoms with E-state index < -0.39 is 0 Å². The molecule has 0 N–H and O–H groups in total. The molecule has 0 saturated heterocycles. The van der Waals surface area contributed by atoms with Crippen molar-refractivity contribution >= 4 is 17.5 Å². The Labute approximate surface area is 122 Å². The van der Waals surface area contributed by atoms with Crippen LogP contribution in [0.5, 0.6) is 0 Å². The first kappa shape index (κ1) is 14.6. The zero-order chi connectivity index (χ0) is 14.7. The average molecular weight is 296 g/mol. The number of aryl methyl sites for hydroxylation is 2. The molecule has 0 aliphatic carbocycles. The zero-order valence-corrected chi connectivity index (χ0v) is 12.6. The highest BCUT2D eigenvalue weighted by Gasteiger charge is 2.17. The van der Waals surface area contributed by atoms with Gasteiger partial charge >= 0.3 is 0 Å². The molecule has 0 radical (unpaired) electrons. The van der Waals surface area contributed by atoms with Crippen LogP contribution >= 0.6 is 11.6 Å². The Hall–Kier alpha value is -1.82. The quantitative estimate of drug-likeness (QED) is 0.848. The number of rotatable bonds is 5. The molecule has 0 aliphatic rings. The maximum atomic E-state index is 12.2. The van der Waals surface area contributed by atoms with Crippen molar-refractivity contribution in [2.45, 2.75) is 33.5 Å². The second kappa shape index (κ2) is 6.09. The first-order valence-electron chi connectivity index (χ1n) is 6.55. The molecule has 2 aromatic rings. The lowest BCUT2D eigenvalue weighted by atomic mass is 10.3. The number of carbonyl (C=O) groups is 1. The van der Waals surface area contributed by atoms with Crippen LogP contribution < -0.4 is 0 Å². The summed E-state index contributed by atoms with van der Waals surface area (Å²) < 4.78 is 3.47. The molecule has 6 nitrogen and oxygen atoms in total. The average Bonchev–Trinajstić information content (AvgIpc) is 3.05. The molecule has 0 aliphatic heterocycles. The van der Waals surface area contributed by atoms with Crippen molar-refractivity contribution in [3.05, 3.63) is 34.9 Å². The normalized spacial score (nSPS) is 10.8. The molecule has 2 heterocycles. The van der Waals surface area contributed by atoms with Crippen LogP contribution in [0.25, 0.3) is 0 Å². The van der Waals surface area contributed by atoms with E-state index in [0.717, 1.165) is 13.1 Å². The van der Waals surface area contributed by atoms with Crippen molar-refractivity contribution in [1.82, 2.24) is 24.5 Å². The molecule has 0 atom stereocenters. The number of carbonyl (C=O) groups excluding carboxylic acids is 1. The first-order chi connectivity index (χ1) is 9.55. The van der Waals surface area contributed by atoms with Crippen LogP contribution in [0.1, 0.15) is 30.0 Å². The van der Waals surface area contributed by atoms with Crippen LogP contribution in [0.3, 0.4) is 0 Å². The zero-order valence-electron chi connectivity index (χ0n) is 11.9. The van der Waals surface area contributed by atoms with E-state index in [9.17, 15) is 4.79 Å². The Morgan fingerprint density at radius 2 is 2.00 bits per heavy atom. The fourth-order valence-electron chi connectivity index (χ4n) is 1.85. The fraction of sp³-hybridized carbons (Fsp3) is 0.462. The van der Waals surface area contributed by atoms with Gasteiger partial charge in [-0.15, -0.1) is 0 Å². The summed E-state index contributed by atoms with van der Waals surface area (Å²) >= 11 is 6.10. The molecule has 20 heavy (non-hydrogen) atoms. The van der Waals surface area contributed by atoms with E-state index in [4.69, 9.17) is 11.6 Å². The summed E-state index contributed by atoms with van der Waals surface area (Å²) in [5.41, 5.74) is 1.12. The van der Waals surface area contributed by atoms with Crippen LogP contribution in [-0.4, -0.2) is 37.4 Å². The van der Waals surface area contributed by atoms with E-state index >= 15 is 0 Å². The van der Waals surface area contributed by atoms with Gasteiger partial charge in [0.25, 0.3) is 5.91 Å².